The van der Waals surface area contributed by atoms with Crippen LogP contribution >= 0.6 is 0 Å². The lowest BCUT2D eigenvalue weighted by atomic mass is 9.92. The number of amides is 1. The third kappa shape index (κ3) is 3.59. The summed E-state index contributed by atoms with van der Waals surface area (Å²) >= 11 is 0. The maximum absolute atomic E-state index is 12.6. The average Bonchev–Trinajstić information content (AvgIpc) is 2.92. The van der Waals surface area contributed by atoms with Crippen molar-refractivity contribution in [3.05, 3.63) is 35.4 Å². The smallest absolute Gasteiger partial charge is 0.236 e. The largest absolute Gasteiger partial charge is 0.394 e. The molecule has 1 atom stereocenters. The summed E-state index contributed by atoms with van der Waals surface area (Å²) in [6, 6.07) is 8.24. The fraction of sp³-hybridized carbons (Fsp3) is 0.632. The van der Waals surface area contributed by atoms with Crippen LogP contribution in [0.1, 0.15) is 49.7 Å². The van der Waals surface area contributed by atoms with Gasteiger partial charge in [-0.15, -0.1) is 0 Å². The van der Waals surface area contributed by atoms with Gasteiger partial charge in [-0.1, -0.05) is 43.5 Å². The SMILES string of the molecule is O=C(CNC1(CO)CCc2ccccc21)N1CCCCCCC1. The molecule has 1 aliphatic heterocycles. The molecule has 4 nitrogen and oxygen atoms in total. The number of aryl methyl sites for hydroxylation is 1. The van der Waals surface area contributed by atoms with Crippen LogP contribution in [0.15, 0.2) is 24.3 Å². The molecule has 126 valence electrons. The van der Waals surface area contributed by atoms with Gasteiger partial charge in [-0.3, -0.25) is 10.1 Å². The van der Waals surface area contributed by atoms with Crippen LogP contribution in [0.3, 0.4) is 0 Å². The van der Waals surface area contributed by atoms with Crippen molar-refractivity contribution in [2.75, 3.05) is 26.2 Å². The number of aliphatic hydroxyl groups excluding tert-OH is 1. The molecule has 1 unspecified atom stereocenters. The van der Waals surface area contributed by atoms with Gasteiger partial charge in [0.05, 0.1) is 18.7 Å². The fourth-order valence-corrected chi connectivity index (χ4v) is 3.95. The molecule has 1 fully saturated rings. The second-order valence-electron chi connectivity index (χ2n) is 6.90. The Kier molecular flexibility index (Phi) is 5.34. The van der Waals surface area contributed by atoms with Crippen molar-refractivity contribution in [1.82, 2.24) is 10.2 Å². The number of hydrogen-bond donors (Lipinski definition) is 2. The Balaban J connectivity index is 1.63. The van der Waals surface area contributed by atoms with E-state index < -0.39 is 5.54 Å². The second-order valence-corrected chi connectivity index (χ2v) is 6.90. The quantitative estimate of drug-likeness (QED) is 0.895. The third-order valence-electron chi connectivity index (χ3n) is 5.41. The van der Waals surface area contributed by atoms with Crippen molar-refractivity contribution in [1.29, 1.82) is 0 Å². The van der Waals surface area contributed by atoms with Crippen molar-refractivity contribution in [3.8, 4) is 0 Å². The molecule has 1 aliphatic carbocycles. The summed E-state index contributed by atoms with van der Waals surface area (Å²) in [5.41, 5.74) is 1.99. The van der Waals surface area contributed by atoms with Gasteiger partial charge < -0.3 is 10.0 Å². The van der Waals surface area contributed by atoms with E-state index in [0.29, 0.717) is 6.54 Å². The zero-order chi connectivity index (χ0) is 16.1. The van der Waals surface area contributed by atoms with Crippen molar-refractivity contribution in [2.45, 2.75) is 50.5 Å². The van der Waals surface area contributed by atoms with Gasteiger partial charge in [-0.05, 0) is 36.8 Å². The highest BCUT2D eigenvalue weighted by atomic mass is 16.3. The van der Waals surface area contributed by atoms with Gasteiger partial charge in [-0.2, -0.15) is 0 Å². The van der Waals surface area contributed by atoms with Gasteiger partial charge in [-0.25, -0.2) is 0 Å². The summed E-state index contributed by atoms with van der Waals surface area (Å²) in [6.07, 6.45) is 7.79. The van der Waals surface area contributed by atoms with Crippen LogP contribution in [0.4, 0.5) is 0 Å². The number of likely N-dealkylation sites (tertiary alicyclic amines) is 1. The van der Waals surface area contributed by atoms with Gasteiger partial charge >= 0.3 is 0 Å². The number of rotatable bonds is 4. The van der Waals surface area contributed by atoms with E-state index in [1.165, 1.54) is 24.8 Å². The third-order valence-corrected chi connectivity index (χ3v) is 5.41. The highest BCUT2D eigenvalue weighted by molar-refractivity contribution is 5.78. The first-order valence-electron chi connectivity index (χ1n) is 8.97. The summed E-state index contributed by atoms with van der Waals surface area (Å²) < 4.78 is 0. The van der Waals surface area contributed by atoms with Gasteiger partial charge in [0.1, 0.15) is 0 Å². The van der Waals surface area contributed by atoms with Gasteiger partial charge in [0.15, 0.2) is 0 Å². The number of aliphatic hydroxyl groups is 1. The maximum atomic E-state index is 12.6. The standard InChI is InChI=1S/C19H28N2O2/c22-15-19(11-10-16-8-4-5-9-17(16)19)20-14-18(23)21-12-6-2-1-3-7-13-21/h4-5,8-9,20,22H,1-3,6-7,10-15H2. The molecule has 4 heteroatoms. The summed E-state index contributed by atoms with van der Waals surface area (Å²) in [7, 11) is 0. The van der Waals surface area contributed by atoms with E-state index in [2.05, 4.69) is 17.4 Å². The summed E-state index contributed by atoms with van der Waals surface area (Å²) in [5, 5.41) is 13.4. The first-order chi connectivity index (χ1) is 11.2. The minimum atomic E-state index is -0.449. The number of nitrogens with zero attached hydrogens (tertiary/aromatic N) is 1. The highest BCUT2D eigenvalue weighted by Gasteiger charge is 2.38. The van der Waals surface area contributed by atoms with Crippen LogP contribution in [0.2, 0.25) is 0 Å². The van der Waals surface area contributed by atoms with Crippen molar-refractivity contribution in [3.63, 3.8) is 0 Å². The van der Waals surface area contributed by atoms with Gasteiger partial charge in [0.2, 0.25) is 5.91 Å². The van der Waals surface area contributed by atoms with Crippen LogP contribution < -0.4 is 5.32 Å². The highest BCUT2D eigenvalue weighted by Crippen LogP contribution is 2.36. The minimum Gasteiger partial charge on any atom is -0.394 e. The van der Waals surface area contributed by atoms with E-state index in [-0.39, 0.29) is 12.5 Å². The van der Waals surface area contributed by atoms with Crippen molar-refractivity contribution >= 4 is 5.91 Å². The van der Waals surface area contributed by atoms with E-state index in [4.69, 9.17) is 0 Å². The normalized spacial score (nSPS) is 24.8. The molecule has 0 saturated carbocycles. The molecule has 1 heterocycles. The van der Waals surface area contributed by atoms with E-state index >= 15 is 0 Å². The molecule has 2 aliphatic rings. The molecule has 1 aromatic rings. The Labute approximate surface area is 138 Å². The number of benzene rings is 1. The van der Waals surface area contributed by atoms with E-state index in [0.717, 1.165) is 44.3 Å². The lowest BCUT2D eigenvalue weighted by molar-refractivity contribution is -0.131. The number of fused-ring (bicyclic) bond motifs is 1. The topological polar surface area (TPSA) is 52.6 Å². The fourth-order valence-electron chi connectivity index (χ4n) is 3.95. The maximum Gasteiger partial charge on any atom is 0.236 e. The Bertz CT molecular complexity index is 538. The zero-order valence-electron chi connectivity index (χ0n) is 13.9. The number of hydrogen-bond acceptors (Lipinski definition) is 3. The summed E-state index contributed by atoms with van der Waals surface area (Å²) in [6.45, 7) is 2.11. The first-order valence-corrected chi connectivity index (χ1v) is 8.97. The molecule has 0 aromatic heterocycles. The predicted octanol–water partition coefficient (Wildman–Crippen LogP) is 2.20. The molecule has 23 heavy (non-hydrogen) atoms. The van der Waals surface area contributed by atoms with Crippen LogP contribution in [0.25, 0.3) is 0 Å². The zero-order valence-corrected chi connectivity index (χ0v) is 13.9. The van der Waals surface area contributed by atoms with Gasteiger partial charge in [0.25, 0.3) is 0 Å². The van der Waals surface area contributed by atoms with Crippen LogP contribution in [-0.4, -0.2) is 42.2 Å². The first kappa shape index (κ1) is 16.5. The molecule has 3 rings (SSSR count). The monoisotopic (exact) mass is 316 g/mol. The Hall–Kier alpha value is -1.39. The molecule has 1 saturated heterocycles. The molecule has 0 radical (unpaired) electrons. The van der Waals surface area contributed by atoms with E-state index in [9.17, 15) is 9.90 Å². The number of nitrogens with one attached hydrogen (secondary N) is 1. The Morgan fingerprint density at radius 3 is 2.57 bits per heavy atom. The molecular weight excluding hydrogens is 288 g/mol. The van der Waals surface area contributed by atoms with Crippen molar-refractivity contribution < 1.29 is 9.90 Å². The predicted molar refractivity (Wildman–Crippen MR) is 91.2 cm³/mol. The molecule has 1 amide bonds. The Morgan fingerprint density at radius 2 is 1.83 bits per heavy atom. The van der Waals surface area contributed by atoms with Crippen LogP contribution in [-0.2, 0) is 16.8 Å². The van der Waals surface area contributed by atoms with Crippen LogP contribution in [0.5, 0.6) is 0 Å². The molecule has 0 bridgehead atoms. The second kappa shape index (κ2) is 7.45. The molecule has 1 aromatic carbocycles. The lowest BCUT2D eigenvalue weighted by Crippen LogP contribution is -2.49. The average molecular weight is 316 g/mol. The lowest BCUT2D eigenvalue weighted by Gasteiger charge is -2.31. The molecule has 2 N–H and O–H groups in total. The number of carbonyl (C=O) groups excluding carboxylic acids is 1. The van der Waals surface area contributed by atoms with Crippen LogP contribution in [0, 0.1) is 0 Å². The molecule has 0 spiro atoms. The summed E-state index contributed by atoms with van der Waals surface area (Å²) in [5.74, 6) is 0.170. The summed E-state index contributed by atoms with van der Waals surface area (Å²) in [4.78, 5) is 14.6. The van der Waals surface area contributed by atoms with E-state index in [1.807, 2.05) is 17.0 Å². The Morgan fingerprint density at radius 1 is 1.13 bits per heavy atom. The van der Waals surface area contributed by atoms with Gasteiger partial charge in [0, 0.05) is 13.1 Å². The van der Waals surface area contributed by atoms with E-state index in [1.54, 1.807) is 0 Å². The minimum absolute atomic E-state index is 0.0390. The van der Waals surface area contributed by atoms with Crippen molar-refractivity contribution in [2.24, 2.45) is 0 Å². The number of carbonyl (C=O) groups is 1. The molecular formula is C19H28N2O2.